The Balaban J connectivity index is 1.89. The summed E-state index contributed by atoms with van der Waals surface area (Å²) in [6, 6.07) is 7.40. The average molecular weight is 265 g/mol. The minimum atomic E-state index is -0.170. The fourth-order valence-corrected chi connectivity index (χ4v) is 2.83. The molecule has 1 atom stereocenters. The molecule has 1 aromatic carbocycles. The maximum absolute atomic E-state index is 12.9. The highest BCUT2D eigenvalue weighted by molar-refractivity contribution is 5.46. The van der Waals surface area contributed by atoms with Crippen molar-refractivity contribution in [1.82, 2.24) is 4.90 Å². The molecule has 1 aliphatic rings. The largest absolute Gasteiger partial charge is 0.369 e. The first-order valence-corrected chi connectivity index (χ1v) is 7.19. The normalized spacial score (nSPS) is 18.6. The van der Waals surface area contributed by atoms with Crippen molar-refractivity contribution in [3.8, 4) is 0 Å². The van der Waals surface area contributed by atoms with E-state index in [4.69, 9.17) is 5.73 Å². The van der Waals surface area contributed by atoms with Gasteiger partial charge in [0, 0.05) is 37.9 Å². The molecule has 0 radical (unpaired) electrons. The monoisotopic (exact) mass is 265 g/mol. The van der Waals surface area contributed by atoms with E-state index in [-0.39, 0.29) is 5.82 Å². The summed E-state index contributed by atoms with van der Waals surface area (Å²) in [4.78, 5) is 4.86. The zero-order valence-electron chi connectivity index (χ0n) is 11.7. The van der Waals surface area contributed by atoms with Crippen molar-refractivity contribution in [2.45, 2.75) is 25.8 Å². The van der Waals surface area contributed by atoms with Crippen LogP contribution in [-0.2, 0) is 0 Å². The van der Waals surface area contributed by atoms with E-state index in [1.807, 2.05) is 12.1 Å². The summed E-state index contributed by atoms with van der Waals surface area (Å²) >= 11 is 0. The second-order valence-corrected chi connectivity index (χ2v) is 5.14. The van der Waals surface area contributed by atoms with Gasteiger partial charge in [0.2, 0.25) is 0 Å². The first kappa shape index (κ1) is 14.3. The molecule has 2 rings (SSSR count). The fourth-order valence-electron chi connectivity index (χ4n) is 2.83. The van der Waals surface area contributed by atoms with Crippen molar-refractivity contribution in [2.75, 3.05) is 37.6 Å². The van der Waals surface area contributed by atoms with Crippen LogP contribution in [0.2, 0.25) is 0 Å². The van der Waals surface area contributed by atoms with Gasteiger partial charge in [0.05, 0.1) is 0 Å². The van der Waals surface area contributed by atoms with Gasteiger partial charge in [-0.3, -0.25) is 4.90 Å². The Morgan fingerprint density at radius 3 is 2.32 bits per heavy atom. The zero-order chi connectivity index (χ0) is 13.7. The van der Waals surface area contributed by atoms with Crippen LogP contribution >= 0.6 is 0 Å². The third-order valence-corrected chi connectivity index (χ3v) is 3.99. The molecule has 0 aliphatic carbocycles. The van der Waals surface area contributed by atoms with E-state index in [1.165, 1.54) is 12.1 Å². The molecule has 0 saturated carbocycles. The smallest absolute Gasteiger partial charge is 0.123 e. The minimum absolute atomic E-state index is 0.170. The van der Waals surface area contributed by atoms with E-state index >= 15 is 0 Å². The van der Waals surface area contributed by atoms with Crippen LogP contribution in [0.5, 0.6) is 0 Å². The molecule has 1 saturated heterocycles. The van der Waals surface area contributed by atoms with Crippen molar-refractivity contribution < 1.29 is 4.39 Å². The quantitative estimate of drug-likeness (QED) is 0.884. The Kier molecular flexibility index (Phi) is 5.16. The topological polar surface area (TPSA) is 32.5 Å². The third-order valence-electron chi connectivity index (χ3n) is 3.99. The first-order valence-electron chi connectivity index (χ1n) is 7.19. The highest BCUT2D eigenvalue weighted by Gasteiger charge is 2.22. The number of piperazine rings is 1. The molecule has 1 aliphatic heterocycles. The van der Waals surface area contributed by atoms with Gasteiger partial charge in [0.25, 0.3) is 0 Å². The van der Waals surface area contributed by atoms with E-state index in [0.29, 0.717) is 6.04 Å². The first-order chi connectivity index (χ1) is 9.24. The SMILES string of the molecule is CCC(CCN)N1CCN(c2ccc(F)cc2)CC1. The number of rotatable bonds is 5. The van der Waals surface area contributed by atoms with Gasteiger partial charge in [0.15, 0.2) is 0 Å². The van der Waals surface area contributed by atoms with Crippen LogP contribution in [-0.4, -0.2) is 43.7 Å². The highest BCUT2D eigenvalue weighted by atomic mass is 19.1. The summed E-state index contributed by atoms with van der Waals surface area (Å²) in [6.45, 7) is 7.13. The molecule has 1 heterocycles. The van der Waals surface area contributed by atoms with Crippen molar-refractivity contribution in [2.24, 2.45) is 5.73 Å². The molecule has 0 bridgehead atoms. The number of benzene rings is 1. The number of anilines is 1. The average Bonchev–Trinajstić information content (AvgIpc) is 2.46. The van der Waals surface area contributed by atoms with Gasteiger partial charge in [-0.15, -0.1) is 0 Å². The Bertz CT molecular complexity index is 371. The molecule has 0 aromatic heterocycles. The Morgan fingerprint density at radius 2 is 1.79 bits per heavy atom. The summed E-state index contributed by atoms with van der Waals surface area (Å²) in [5.74, 6) is -0.170. The third kappa shape index (κ3) is 3.67. The van der Waals surface area contributed by atoms with Gasteiger partial charge in [-0.1, -0.05) is 6.92 Å². The molecule has 3 nitrogen and oxygen atoms in total. The molecular formula is C15H24FN3. The molecule has 0 spiro atoms. The molecule has 4 heteroatoms. The molecule has 0 amide bonds. The van der Waals surface area contributed by atoms with Crippen LogP contribution in [0.4, 0.5) is 10.1 Å². The van der Waals surface area contributed by atoms with E-state index < -0.39 is 0 Å². The maximum atomic E-state index is 12.9. The van der Waals surface area contributed by atoms with E-state index in [1.54, 1.807) is 0 Å². The summed E-state index contributed by atoms with van der Waals surface area (Å²) in [5.41, 5.74) is 6.79. The molecule has 19 heavy (non-hydrogen) atoms. The van der Waals surface area contributed by atoms with E-state index in [2.05, 4.69) is 16.7 Å². The van der Waals surface area contributed by atoms with Crippen LogP contribution in [0.25, 0.3) is 0 Å². The lowest BCUT2D eigenvalue weighted by atomic mass is 10.1. The number of hydrogen-bond donors (Lipinski definition) is 1. The van der Waals surface area contributed by atoms with Gasteiger partial charge in [0.1, 0.15) is 5.82 Å². The van der Waals surface area contributed by atoms with Crippen LogP contribution in [0, 0.1) is 5.82 Å². The molecule has 1 aromatic rings. The van der Waals surface area contributed by atoms with Crippen molar-refractivity contribution in [3.63, 3.8) is 0 Å². The molecule has 2 N–H and O–H groups in total. The van der Waals surface area contributed by atoms with Gasteiger partial charge in [-0.2, -0.15) is 0 Å². The maximum Gasteiger partial charge on any atom is 0.123 e. The van der Waals surface area contributed by atoms with Gasteiger partial charge in [-0.05, 0) is 43.7 Å². The minimum Gasteiger partial charge on any atom is -0.369 e. The second kappa shape index (κ2) is 6.87. The summed E-state index contributed by atoms with van der Waals surface area (Å²) in [6.07, 6.45) is 2.24. The Labute approximate surface area is 115 Å². The lowest BCUT2D eigenvalue weighted by Gasteiger charge is -2.40. The van der Waals surface area contributed by atoms with Crippen LogP contribution < -0.4 is 10.6 Å². The summed E-state index contributed by atoms with van der Waals surface area (Å²) < 4.78 is 12.9. The fraction of sp³-hybridized carbons (Fsp3) is 0.600. The van der Waals surface area contributed by atoms with E-state index in [0.717, 1.165) is 51.3 Å². The van der Waals surface area contributed by atoms with Gasteiger partial charge in [-0.25, -0.2) is 4.39 Å². The Hall–Kier alpha value is -1.13. The molecular weight excluding hydrogens is 241 g/mol. The number of hydrogen-bond acceptors (Lipinski definition) is 3. The second-order valence-electron chi connectivity index (χ2n) is 5.14. The lowest BCUT2D eigenvalue weighted by molar-refractivity contribution is 0.173. The molecule has 1 unspecified atom stereocenters. The van der Waals surface area contributed by atoms with Crippen LogP contribution in [0.1, 0.15) is 19.8 Å². The van der Waals surface area contributed by atoms with Crippen LogP contribution in [0.3, 0.4) is 0 Å². The zero-order valence-corrected chi connectivity index (χ0v) is 11.7. The molecule has 1 fully saturated rings. The predicted molar refractivity (Wildman–Crippen MR) is 77.9 cm³/mol. The van der Waals surface area contributed by atoms with E-state index in [9.17, 15) is 4.39 Å². The Morgan fingerprint density at radius 1 is 1.16 bits per heavy atom. The number of halogens is 1. The van der Waals surface area contributed by atoms with Gasteiger partial charge >= 0.3 is 0 Å². The number of nitrogens with zero attached hydrogens (tertiary/aromatic N) is 2. The van der Waals surface area contributed by atoms with Crippen LogP contribution in [0.15, 0.2) is 24.3 Å². The standard InChI is InChI=1S/C15H24FN3/c1-2-14(7-8-17)18-9-11-19(12-10-18)15-5-3-13(16)4-6-15/h3-6,14H,2,7-12,17H2,1H3. The molecule has 106 valence electrons. The predicted octanol–water partition coefficient (Wildman–Crippen LogP) is 2.08. The van der Waals surface area contributed by atoms with Crippen molar-refractivity contribution in [1.29, 1.82) is 0 Å². The summed E-state index contributed by atoms with van der Waals surface area (Å²) in [5, 5.41) is 0. The highest BCUT2D eigenvalue weighted by Crippen LogP contribution is 2.19. The summed E-state index contributed by atoms with van der Waals surface area (Å²) in [7, 11) is 0. The number of nitrogens with two attached hydrogens (primary N) is 1. The van der Waals surface area contributed by atoms with Crippen molar-refractivity contribution >= 4 is 5.69 Å². The van der Waals surface area contributed by atoms with Crippen molar-refractivity contribution in [3.05, 3.63) is 30.1 Å². The lowest BCUT2D eigenvalue weighted by Crippen LogP contribution is -2.50. The van der Waals surface area contributed by atoms with Gasteiger partial charge < -0.3 is 10.6 Å².